The number of rotatable bonds is 6. The van der Waals surface area contributed by atoms with Crippen molar-refractivity contribution in [1.29, 1.82) is 0 Å². The Bertz CT molecular complexity index is 651. The molecular weight excluding hydrogens is 308 g/mol. The molecule has 128 valence electrons. The number of amides is 1. The van der Waals surface area contributed by atoms with Crippen LogP contribution in [-0.4, -0.2) is 53.8 Å². The van der Waals surface area contributed by atoms with Gasteiger partial charge in [0.15, 0.2) is 0 Å². The van der Waals surface area contributed by atoms with Gasteiger partial charge >= 0.3 is 6.01 Å². The second-order valence-electron chi connectivity index (χ2n) is 5.74. The Balaban J connectivity index is 1.36. The lowest BCUT2D eigenvalue weighted by molar-refractivity contribution is -0.131. The number of para-hydroxylation sites is 1. The summed E-state index contributed by atoms with van der Waals surface area (Å²) < 4.78 is 11.0. The van der Waals surface area contributed by atoms with E-state index in [1.165, 1.54) is 0 Å². The Labute approximate surface area is 141 Å². The number of piperazine rings is 1. The van der Waals surface area contributed by atoms with E-state index in [0.717, 1.165) is 12.2 Å². The third-order valence-electron chi connectivity index (χ3n) is 3.97. The predicted molar refractivity (Wildman–Crippen MR) is 89.0 cm³/mol. The van der Waals surface area contributed by atoms with Crippen molar-refractivity contribution < 1.29 is 13.9 Å². The quantitative estimate of drug-likeness (QED) is 0.753. The Hall–Kier alpha value is -2.57. The summed E-state index contributed by atoms with van der Waals surface area (Å²) in [5.41, 5.74) is 0. The smallest absolute Gasteiger partial charge is 0.318 e. The molecule has 1 aliphatic heterocycles. The minimum absolute atomic E-state index is 0.174. The molecule has 0 spiro atoms. The normalized spacial score (nSPS) is 14.7. The van der Waals surface area contributed by atoms with Crippen LogP contribution in [0.3, 0.4) is 0 Å². The first-order chi connectivity index (χ1) is 11.7. The van der Waals surface area contributed by atoms with Crippen molar-refractivity contribution in [1.82, 2.24) is 15.1 Å². The number of hydrogen-bond acceptors (Lipinski definition) is 6. The highest BCUT2D eigenvalue weighted by Crippen LogP contribution is 2.15. The molecule has 0 bridgehead atoms. The highest BCUT2D eigenvalue weighted by molar-refractivity contribution is 5.76. The minimum atomic E-state index is 0.174. The molecule has 0 aliphatic carbocycles. The highest BCUT2D eigenvalue weighted by Gasteiger charge is 2.23. The Morgan fingerprint density at radius 2 is 1.92 bits per heavy atom. The fourth-order valence-electron chi connectivity index (χ4n) is 2.65. The molecule has 0 unspecified atom stereocenters. The Morgan fingerprint density at radius 3 is 2.58 bits per heavy atom. The van der Waals surface area contributed by atoms with Crippen LogP contribution in [0.25, 0.3) is 0 Å². The van der Waals surface area contributed by atoms with Gasteiger partial charge < -0.3 is 19.0 Å². The average molecular weight is 330 g/mol. The molecule has 1 fully saturated rings. The molecule has 1 amide bonds. The second kappa shape index (κ2) is 7.81. The van der Waals surface area contributed by atoms with E-state index in [4.69, 9.17) is 9.15 Å². The molecule has 2 aromatic rings. The third-order valence-corrected chi connectivity index (χ3v) is 3.97. The van der Waals surface area contributed by atoms with Gasteiger partial charge in [-0.05, 0) is 18.6 Å². The van der Waals surface area contributed by atoms with E-state index in [2.05, 4.69) is 10.2 Å². The summed E-state index contributed by atoms with van der Waals surface area (Å²) in [4.78, 5) is 16.2. The molecule has 1 aromatic heterocycles. The zero-order valence-electron chi connectivity index (χ0n) is 13.9. The van der Waals surface area contributed by atoms with Gasteiger partial charge in [-0.3, -0.25) is 4.79 Å². The van der Waals surface area contributed by atoms with Crippen LogP contribution in [0.5, 0.6) is 5.75 Å². The van der Waals surface area contributed by atoms with E-state index in [-0.39, 0.29) is 5.91 Å². The molecule has 0 saturated carbocycles. The van der Waals surface area contributed by atoms with Crippen molar-refractivity contribution in [2.75, 3.05) is 37.7 Å². The lowest BCUT2D eigenvalue weighted by atomic mass is 10.2. The molecule has 7 heteroatoms. The van der Waals surface area contributed by atoms with Crippen molar-refractivity contribution in [2.45, 2.75) is 19.8 Å². The zero-order chi connectivity index (χ0) is 16.8. The van der Waals surface area contributed by atoms with Crippen molar-refractivity contribution in [3.63, 3.8) is 0 Å². The van der Waals surface area contributed by atoms with E-state index in [0.29, 0.717) is 51.1 Å². The van der Waals surface area contributed by atoms with Crippen LogP contribution < -0.4 is 9.64 Å². The molecule has 0 radical (unpaired) electrons. The number of nitrogens with zero attached hydrogens (tertiary/aromatic N) is 4. The van der Waals surface area contributed by atoms with Gasteiger partial charge in [0.2, 0.25) is 11.8 Å². The molecule has 1 aliphatic rings. The summed E-state index contributed by atoms with van der Waals surface area (Å²) in [6, 6.07) is 10.2. The van der Waals surface area contributed by atoms with Gasteiger partial charge in [0.1, 0.15) is 5.75 Å². The van der Waals surface area contributed by atoms with Crippen LogP contribution in [0.2, 0.25) is 0 Å². The Kier molecular flexibility index (Phi) is 5.30. The van der Waals surface area contributed by atoms with Gasteiger partial charge in [0.05, 0.1) is 6.61 Å². The summed E-state index contributed by atoms with van der Waals surface area (Å²) in [6.07, 6.45) is 1.23. The summed E-state index contributed by atoms with van der Waals surface area (Å²) in [5, 5.41) is 7.86. The third kappa shape index (κ3) is 4.24. The molecule has 3 rings (SSSR count). The van der Waals surface area contributed by atoms with E-state index in [1.54, 1.807) is 6.92 Å². The molecule has 1 aromatic carbocycles. The predicted octanol–water partition coefficient (Wildman–Crippen LogP) is 1.89. The van der Waals surface area contributed by atoms with Crippen molar-refractivity contribution in [3.05, 3.63) is 36.2 Å². The van der Waals surface area contributed by atoms with Crippen LogP contribution in [0.1, 0.15) is 18.7 Å². The average Bonchev–Trinajstić information content (AvgIpc) is 3.06. The standard InChI is InChI=1S/C17H22N4O3/c1-14-18-19-17(24-14)21-11-9-20(10-12-21)16(22)8-5-13-23-15-6-3-2-4-7-15/h2-4,6-7H,5,8-13H2,1H3. The number of carbonyl (C=O) groups excluding carboxylic acids is 1. The van der Waals surface area contributed by atoms with Crippen LogP contribution in [0.4, 0.5) is 6.01 Å². The first-order valence-electron chi connectivity index (χ1n) is 8.23. The largest absolute Gasteiger partial charge is 0.494 e. The van der Waals surface area contributed by atoms with Crippen molar-refractivity contribution in [2.24, 2.45) is 0 Å². The maximum atomic E-state index is 12.3. The topological polar surface area (TPSA) is 71.7 Å². The molecule has 0 atom stereocenters. The van der Waals surface area contributed by atoms with E-state index in [9.17, 15) is 4.79 Å². The summed E-state index contributed by atoms with van der Waals surface area (Å²) in [5.74, 6) is 1.57. The SMILES string of the molecule is Cc1nnc(N2CCN(C(=O)CCCOc3ccccc3)CC2)o1. The summed E-state index contributed by atoms with van der Waals surface area (Å²) in [6.45, 7) is 5.12. The lowest BCUT2D eigenvalue weighted by Gasteiger charge is -2.33. The van der Waals surface area contributed by atoms with Gasteiger partial charge in [-0.25, -0.2) is 0 Å². The minimum Gasteiger partial charge on any atom is -0.494 e. The van der Waals surface area contributed by atoms with E-state index >= 15 is 0 Å². The number of aromatic nitrogens is 2. The van der Waals surface area contributed by atoms with Crippen LogP contribution in [0.15, 0.2) is 34.7 Å². The van der Waals surface area contributed by atoms with Gasteiger partial charge in [-0.15, -0.1) is 5.10 Å². The number of aryl methyl sites for hydroxylation is 1. The fourth-order valence-corrected chi connectivity index (χ4v) is 2.65. The Morgan fingerprint density at radius 1 is 1.17 bits per heavy atom. The first kappa shape index (κ1) is 16.3. The van der Waals surface area contributed by atoms with Crippen LogP contribution >= 0.6 is 0 Å². The molecular formula is C17H22N4O3. The number of ether oxygens (including phenoxy) is 1. The van der Waals surface area contributed by atoms with E-state index < -0.39 is 0 Å². The molecule has 2 heterocycles. The van der Waals surface area contributed by atoms with Crippen molar-refractivity contribution >= 4 is 11.9 Å². The monoisotopic (exact) mass is 330 g/mol. The summed E-state index contributed by atoms with van der Waals surface area (Å²) in [7, 11) is 0. The lowest BCUT2D eigenvalue weighted by Crippen LogP contribution is -2.49. The number of carbonyl (C=O) groups is 1. The van der Waals surface area contributed by atoms with Gasteiger partial charge in [0.25, 0.3) is 0 Å². The second-order valence-corrected chi connectivity index (χ2v) is 5.74. The molecule has 0 N–H and O–H groups in total. The maximum Gasteiger partial charge on any atom is 0.318 e. The number of benzene rings is 1. The van der Waals surface area contributed by atoms with Gasteiger partial charge in [-0.2, -0.15) is 0 Å². The van der Waals surface area contributed by atoms with Crippen LogP contribution in [-0.2, 0) is 4.79 Å². The van der Waals surface area contributed by atoms with Crippen molar-refractivity contribution in [3.8, 4) is 5.75 Å². The first-order valence-corrected chi connectivity index (χ1v) is 8.23. The summed E-state index contributed by atoms with van der Waals surface area (Å²) >= 11 is 0. The highest BCUT2D eigenvalue weighted by atomic mass is 16.5. The van der Waals surface area contributed by atoms with Gasteiger partial charge in [-0.1, -0.05) is 23.3 Å². The molecule has 1 saturated heterocycles. The maximum absolute atomic E-state index is 12.3. The van der Waals surface area contributed by atoms with Gasteiger partial charge in [0, 0.05) is 39.5 Å². The fraction of sp³-hybridized carbons (Fsp3) is 0.471. The van der Waals surface area contributed by atoms with E-state index in [1.807, 2.05) is 40.1 Å². The molecule has 24 heavy (non-hydrogen) atoms. The van der Waals surface area contributed by atoms with Crippen LogP contribution in [0, 0.1) is 6.92 Å². The number of hydrogen-bond donors (Lipinski definition) is 0. The number of anilines is 1. The molecule has 7 nitrogen and oxygen atoms in total. The zero-order valence-corrected chi connectivity index (χ0v) is 13.9.